The predicted molar refractivity (Wildman–Crippen MR) is 94.6 cm³/mol. The van der Waals surface area contributed by atoms with E-state index in [1.165, 1.54) is 9.47 Å². The lowest BCUT2D eigenvalue weighted by Crippen LogP contribution is -2.44. The summed E-state index contributed by atoms with van der Waals surface area (Å²) in [7, 11) is 0. The van der Waals surface area contributed by atoms with Gasteiger partial charge in [-0.2, -0.15) is 13.2 Å². The van der Waals surface area contributed by atoms with Gasteiger partial charge in [-0.25, -0.2) is 13.8 Å². The Morgan fingerprint density at radius 1 is 1.31 bits per heavy atom. The Labute approximate surface area is 164 Å². The van der Waals surface area contributed by atoms with Crippen LogP contribution < -0.4 is 5.73 Å². The van der Waals surface area contributed by atoms with Gasteiger partial charge in [0.2, 0.25) is 5.91 Å². The Kier molecular flexibility index (Phi) is 5.92. The van der Waals surface area contributed by atoms with Gasteiger partial charge in [0.1, 0.15) is 17.5 Å². The zero-order valence-corrected chi connectivity index (χ0v) is 15.7. The fourth-order valence-corrected chi connectivity index (χ4v) is 3.62. The van der Waals surface area contributed by atoms with Gasteiger partial charge in [-0.1, -0.05) is 6.92 Å². The Morgan fingerprint density at radius 2 is 2.03 bits per heavy atom. The van der Waals surface area contributed by atoms with Gasteiger partial charge < -0.3 is 15.2 Å². The second-order valence-corrected chi connectivity index (χ2v) is 7.09. The molecular formula is C19H21F5N4O. The number of alkyl halides is 3. The molecule has 0 aliphatic carbocycles. The van der Waals surface area contributed by atoms with E-state index in [4.69, 9.17) is 5.73 Å². The van der Waals surface area contributed by atoms with Gasteiger partial charge in [-0.15, -0.1) is 0 Å². The minimum Gasteiger partial charge on any atom is -0.331 e. The molecule has 0 bridgehead atoms. The molecule has 3 rings (SSSR count). The third-order valence-electron chi connectivity index (χ3n) is 4.99. The highest BCUT2D eigenvalue weighted by atomic mass is 19.4. The van der Waals surface area contributed by atoms with Crippen LogP contribution >= 0.6 is 0 Å². The highest BCUT2D eigenvalue weighted by molar-refractivity contribution is 5.77. The zero-order chi connectivity index (χ0) is 21.3. The first-order chi connectivity index (χ1) is 13.6. The lowest BCUT2D eigenvalue weighted by molar-refractivity contribution is -0.141. The van der Waals surface area contributed by atoms with Crippen LogP contribution in [0.3, 0.4) is 0 Å². The van der Waals surface area contributed by atoms with Crippen LogP contribution in [0.25, 0.3) is 0 Å². The van der Waals surface area contributed by atoms with E-state index in [0.29, 0.717) is 6.42 Å². The molecule has 0 radical (unpaired) electrons. The Morgan fingerprint density at radius 3 is 2.69 bits per heavy atom. The number of carbonyl (C=O) groups excluding carboxylic acids is 1. The summed E-state index contributed by atoms with van der Waals surface area (Å²) in [6, 6.07) is 1.65. The third-order valence-corrected chi connectivity index (χ3v) is 4.99. The second kappa shape index (κ2) is 8.10. The zero-order valence-electron chi connectivity index (χ0n) is 15.7. The summed E-state index contributed by atoms with van der Waals surface area (Å²) in [4.78, 5) is 17.9. The van der Waals surface area contributed by atoms with E-state index in [9.17, 15) is 26.7 Å². The predicted octanol–water partition coefficient (Wildman–Crippen LogP) is 3.43. The van der Waals surface area contributed by atoms with E-state index in [-0.39, 0.29) is 43.2 Å². The fraction of sp³-hybridized carbons (Fsp3) is 0.474. The Bertz CT molecular complexity index is 895. The lowest BCUT2D eigenvalue weighted by Gasteiger charge is -2.36. The monoisotopic (exact) mass is 416 g/mol. The smallest absolute Gasteiger partial charge is 0.331 e. The highest BCUT2D eigenvalue weighted by Gasteiger charge is 2.39. The van der Waals surface area contributed by atoms with Crippen molar-refractivity contribution in [3.8, 4) is 0 Å². The molecule has 1 aromatic heterocycles. The molecule has 158 valence electrons. The van der Waals surface area contributed by atoms with Gasteiger partial charge in [0.05, 0.1) is 6.04 Å². The van der Waals surface area contributed by atoms with Crippen LogP contribution in [0.4, 0.5) is 22.0 Å². The van der Waals surface area contributed by atoms with Crippen LogP contribution in [-0.4, -0.2) is 32.9 Å². The number of hydrogen-bond donors (Lipinski definition) is 1. The Balaban J connectivity index is 1.72. The SMILES string of the molecule is CCC1c2nc(C(F)(F)F)cn2CCN1C(=O)C[C@H](N)Cc1cc(F)ccc1F. The summed E-state index contributed by atoms with van der Waals surface area (Å²) in [5, 5.41) is 0. The first-order valence-corrected chi connectivity index (χ1v) is 9.23. The van der Waals surface area contributed by atoms with Crippen molar-refractivity contribution in [2.75, 3.05) is 6.54 Å². The van der Waals surface area contributed by atoms with Crippen LogP contribution in [-0.2, 0) is 23.9 Å². The molecule has 0 saturated carbocycles. The number of amides is 1. The molecule has 2 aromatic rings. The first kappa shape index (κ1) is 21.2. The molecule has 1 aromatic carbocycles. The minimum atomic E-state index is -4.56. The molecule has 2 heterocycles. The number of nitrogens with zero attached hydrogens (tertiary/aromatic N) is 3. The minimum absolute atomic E-state index is 0.0349. The molecule has 0 spiro atoms. The molecule has 10 heteroatoms. The molecule has 29 heavy (non-hydrogen) atoms. The molecule has 0 saturated heterocycles. The topological polar surface area (TPSA) is 64.2 Å². The van der Waals surface area contributed by atoms with E-state index < -0.39 is 35.6 Å². The highest BCUT2D eigenvalue weighted by Crippen LogP contribution is 2.34. The van der Waals surface area contributed by atoms with Gasteiger partial charge in [-0.3, -0.25) is 4.79 Å². The van der Waals surface area contributed by atoms with Gasteiger partial charge in [0.15, 0.2) is 5.69 Å². The van der Waals surface area contributed by atoms with Crippen molar-refractivity contribution in [3.63, 3.8) is 0 Å². The van der Waals surface area contributed by atoms with Crippen molar-refractivity contribution in [1.29, 1.82) is 0 Å². The van der Waals surface area contributed by atoms with Crippen LogP contribution in [0.5, 0.6) is 0 Å². The summed E-state index contributed by atoms with van der Waals surface area (Å²) in [6.07, 6.45) is -3.40. The van der Waals surface area contributed by atoms with Crippen LogP contribution in [0.15, 0.2) is 24.4 Å². The number of rotatable bonds is 5. The lowest BCUT2D eigenvalue weighted by atomic mass is 10.0. The average molecular weight is 416 g/mol. The maximum atomic E-state index is 13.8. The van der Waals surface area contributed by atoms with Crippen molar-refractivity contribution in [1.82, 2.24) is 14.5 Å². The number of benzene rings is 1. The van der Waals surface area contributed by atoms with Crippen molar-refractivity contribution in [2.45, 2.75) is 51.0 Å². The molecule has 2 N–H and O–H groups in total. The maximum Gasteiger partial charge on any atom is 0.434 e. The molecule has 1 aliphatic rings. The molecule has 1 unspecified atom stereocenters. The number of imidazole rings is 1. The average Bonchev–Trinajstić information content (AvgIpc) is 3.08. The summed E-state index contributed by atoms with van der Waals surface area (Å²) in [5.74, 6) is -1.39. The molecule has 1 aliphatic heterocycles. The van der Waals surface area contributed by atoms with E-state index in [1.54, 1.807) is 6.92 Å². The number of carbonyl (C=O) groups is 1. The number of halogens is 5. The van der Waals surface area contributed by atoms with E-state index in [2.05, 4.69) is 4.98 Å². The van der Waals surface area contributed by atoms with E-state index >= 15 is 0 Å². The molecule has 5 nitrogen and oxygen atoms in total. The molecule has 1 amide bonds. The first-order valence-electron chi connectivity index (χ1n) is 9.23. The van der Waals surface area contributed by atoms with Gasteiger partial charge in [0.25, 0.3) is 0 Å². The number of aromatic nitrogens is 2. The van der Waals surface area contributed by atoms with Crippen LogP contribution in [0.1, 0.15) is 42.9 Å². The molecular weight excluding hydrogens is 395 g/mol. The van der Waals surface area contributed by atoms with Gasteiger partial charge >= 0.3 is 6.18 Å². The van der Waals surface area contributed by atoms with E-state index in [1.807, 2.05) is 0 Å². The van der Waals surface area contributed by atoms with Gasteiger partial charge in [0, 0.05) is 31.7 Å². The molecule has 0 fully saturated rings. The fourth-order valence-electron chi connectivity index (χ4n) is 3.62. The summed E-state index contributed by atoms with van der Waals surface area (Å²) in [6.45, 7) is 2.16. The standard InChI is InChI=1S/C19H21F5N4O/c1-2-15-18-26-16(19(22,23)24)10-27(18)5-6-28(15)17(29)9-13(25)8-11-7-12(20)3-4-14(11)21/h3-4,7,10,13,15H,2,5-6,8-9,25H2,1H3/t13-,15?/m1/s1. The molecule has 2 atom stereocenters. The van der Waals surface area contributed by atoms with Crippen molar-refractivity contribution < 1.29 is 26.7 Å². The summed E-state index contributed by atoms with van der Waals surface area (Å²) < 4.78 is 67.4. The number of nitrogens with two attached hydrogens (primary N) is 1. The van der Waals surface area contributed by atoms with Crippen molar-refractivity contribution >= 4 is 5.91 Å². The quantitative estimate of drug-likeness (QED) is 0.760. The van der Waals surface area contributed by atoms with Crippen LogP contribution in [0, 0.1) is 11.6 Å². The Hall–Kier alpha value is -2.49. The normalized spacial score (nSPS) is 17.9. The summed E-state index contributed by atoms with van der Waals surface area (Å²) in [5.41, 5.74) is 5.05. The third kappa shape index (κ3) is 4.58. The summed E-state index contributed by atoms with van der Waals surface area (Å²) >= 11 is 0. The van der Waals surface area contributed by atoms with Crippen molar-refractivity contribution in [3.05, 3.63) is 53.1 Å². The number of fused-ring (bicyclic) bond motifs is 1. The van der Waals surface area contributed by atoms with E-state index in [0.717, 1.165) is 24.4 Å². The van der Waals surface area contributed by atoms with Crippen molar-refractivity contribution in [2.24, 2.45) is 5.73 Å². The number of hydrogen-bond acceptors (Lipinski definition) is 3. The largest absolute Gasteiger partial charge is 0.434 e. The van der Waals surface area contributed by atoms with Gasteiger partial charge in [-0.05, 0) is 36.6 Å². The maximum absolute atomic E-state index is 13.8. The second-order valence-electron chi connectivity index (χ2n) is 7.09. The van der Waals surface area contributed by atoms with Crippen LogP contribution in [0.2, 0.25) is 0 Å².